The van der Waals surface area contributed by atoms with Crippen LogP contribution in [0.4, 0.5) is 0 Å². The predicted octanol–water partition coefficient (Wildman–Crippen LogP) is 1.20. The summed E-state index contributed by atoms with van der Waals surface area (Å²) < 4.78 is 9.80. The number of rotatable bonds is 7. The molecule has 0 radical (unpaired) electrons. The van der Waals surface area contributed by atoms with Gasteiger partial charge in [-0.15, -0.1) is 0 Å². The first-order valence-corrected chi connectivity index (χ1v) is 6.55. The molecule has 1 atom stereocenters. The molecular formula is C14H23NO5. The Hall–Kier alpha value is -1.85. The highest BCUT2D eigenvalue weighted by Gasteiger charge is 2.16. The van der Waals surface area contributed by atoms with E-state index in [0.29, 0.717) is 0 Å². The molecule has 0 heterocycles. The molecule has 0 spiro atoms. The van der Waals surface area contributed by atoms with Gasteiger partial charge in [0.2, 0.25) is 5.91 Å². The Bertz CT molecular complexity index is 374. The molecule has 20 heavy (non-hydrogen) atoms. The molecule has 0 rings (SSSR count). The number of carbonyl (C=O) groups is 3. The highest BCUT2D eigenvalue weighted by Crippen LogP contribution is 2.02. The van der Waals surface area contributed by atoms with Gasteiger partial charge in [0.15, 0.2) is 0 Å². The largest absolute Gasteiger partial charge is 0.460 e. The first-order chi connectivity index (χ1) is 9.22. The summed E-state index contributed by atoms with van der Waals surface area (Å²) in [4.78, 5) is 33.6. The van der Waals surface area contributed by atoms with Gasteiger partial charge in [0.05, 0.1) is 12.1 Å². The van der Waals surface area contributed by atoms with Gasteiger partial charge in [-0.05, 0) is 19.8 Å². The lowest BCUT2D eigenvalue weighted by atomic mass is 10.1. The number of esters is 2. The van der Waals surface area contributed by atoms with Crippen LogP contribution in [-0.2, 0) is 23.9 Å². The smallest absolute Gasteiger partial charge is 0.331 e. The fourth-order valence-electron chi connectivity index (χ4n) is 1.29. The third-order valence-corrected chi connectivity index (χ3v) is 2.31. The van der Waals surface area contributed by atoms with E-state index in [1.807, 2.05) is 13.8 Å². The standard InChI is InChI=1S/C14H23NO5/c1-9(2)12(15-11(5)16)8-19-13(17)6-7-14(18)20-10(3)4/h6-7,9-10,12H,8H2,1-5H3,(H,15,16)/b7-6+/t12-/m0/s1. The van der Waals surface area contributed by atoms with Crippen molar-refractivity contribution in [2.75, 3.05) is 6.61 Å². The minimum atomic E-state index is -0.651. The lowest BCUT2D eigenvalue weighted by Gasteiger charge is -2.20. The Morgan fingerprint density at radius 3 is 2.05 bits per heavy atom. The molecule has 114 valence electrons. The van der Waals surface area contributed by atoms with E-state index in [0.717, 1.165) is 12.2 Å². The number of amides is 1. The van der Waals surface area contributed by atoms with Crippen LogP contribution in [0, 0.1) is 5.92 Å². The summed E-state index contributed by atoms with van der Waals surface area (Å²) >= 11 is 0. The van der Waals surface area contributed by atoms with Crippen molar-refractivity contribution in [2.24, 2.45) is 5.92 Å². The van der Waals surface area contributed by atoms with Crippen molar-refractivity contribution in [3.05, 3.63) is 12.2 Å². The minimum absolute atomic E-state index is 0.0552. The lowest BCUT2D eigenvalue weighted by molar-refractivity contribution is -0.143. The summed E-state index contributed by atoms with van der Waals surface area (Å²) in [6.07, 6.45) is 1.79. The van der Waals surface area contributed by atoms with Crippen molar-refractivity contribution < 1.29 is 23.9 Å². The molecule has 0 saturated carbocycles. The Morgan fingerprint density at radius 1 is 1.05 bits per heavy atom. The second kappa shape index (κ2) is 9.12. The topological polar surface area (TPSA) is 81.7 Å². The molecular weight excluding hydrogens is 262 g/mol. The van der Waals surface area contributed by atoms with Crippen LogP contribution >= 0.6 is 0 Å². The highest BCUT2D eigenvalue weighted by atomic mass is 16.5. The molecule has 0 bridgehead atoms. The summed E-state index contributed by atoms with van der Waals surface area (Å²) in [6, 6.07) is -0.257. The molecule has 0 aliphatic heterocycles. The van der Waals surface area contributed by atoms with E-state index in [4.69, 9.17) is 9.47 Å². The molecule has 0 unspecified atom stereocenters. The van der Waals surface area contributed by atoms with Crippen LogP contribution in [0.1, 0.15) is 34.6 Å². The second-order valence-corrected chi connectivity index (χ2v) is 5.00. The van der Waals surface area contributed by atoms with E-state index >= 15 is 0 Å². The van der Waals surface area contributed by atoms with Crippen LogP contribution < -0.4 is 5.32 Å². The maximum Gasteiger partial charge on any atom is 0.331 e. The van der Waals surface area contributed by atoms with E-state index in [2.05, 4.69) is 5.32 Å². The molecule has 0 aromatic carbocycles. The van der Waals surface area contributed by atoms with E-state index in [-0.39, 0.29) is 30.6 Å². The molecule has 1 amide bonds. The van der Waals surface area contributed by atoms with Crippen LogP contribution in [0.5, 0.6) is 0 Å². The third-order valence-electron chi connectivity index (χ3n) is 2.31. The van der Waals surface area contributed by atoms with Gasteiger partial charge in [0.1, 0.15) is 6.61 Å². The number of hydrogen-bond acceptors (Lipinski definition) is 5. The van der Waals surface area contributed by atoms with Gasteiger partial charge in [-0.25, -0.2) is 9.59 Å². The summed E-state index contributed by atoms with van der Waals surface area (Å²) in [5.41, 5.74) is 0. The monoisotopic (exact) mass is 285 g/mol. The van der Waals surface area contributed by atoms with Gasteiger partial charge in [-0.2, -0.15) is 0 Å². The number of nitrogens with one attached hydrogen (secondary N) is 1. The molecule has 1 N–H and O–H groups in total. The average molecular weight is 285 g/mol. The summed E-state index contributed by atoms with van der Waals surface area (Å²) in [7, 11) is 0. The predicted molar refractivity (Wildman–Crippen MR) is 73.8 cm³/mol. The second-order valence-electron chi connectivity index (χ2n) is 5.00. The molecule has 0 aliphatic rings. The van der Waals surface area contributed by atoms with Crippen LogP contribution in [-0.4, -0.2) is 36.6 Å². The van der Waals surface area contributed by atoms with Gasteiger partial charge in [0.25, 0.3) is 0 Å². The summed E-state index contributed by atoms with van der Waals surface area (Å²) in [5.74, 6) is -1.31. The average Bonchev–Trinajstić information content (AvgIpc) is 2.30. The molecule has 0 aromatic heterocycles. The Morgan fingerprint density at radius 2 is 1.60 bits per heavy atom. The quantitative estimate of drug-likeness (QED) is 0.561. The zero-order valence-corrected chi connectivity index (χ0v) is 12.6. The normalized spacial score (nSPS) is 12.6. The molecule has 0 saturated heterocycles. The maximum atomic E-state index is 11.4. The highest BCUT2D eigenvalue weighted by molar-refractivity contribution is 5.91. The third kappa shape index (κ3) is 9.13. The van der Waals surface area contributed by atoms with Crippen LogP contribution in [0.15, 0.2) is 12.2 Å². The molecule has 0 fully saturated rings. The van der Waals surface area contributed by atoms with Crippen molar-refractivity contribution in [3.63, 3.8) is 0 Å². The maximum absolute atomic E-state index is 11.4. The zero-order chi connectivity index (χ0) is 15.7. The SMILES string of the molecule is CC(=O)N[C@@H](COC(=O)/C=C/C(=O)OC(C)C)C(C)C. The molecule has 6 nitrogen and oxygen atoms in total. The van der Waals surface area contributed by atoms with Gasteiger partial charge in [-0.1, -0.05) is 13.8 Å². The Kier molecular flexibility index (Phi) is 8.27. The van der Waals surface area contributed by atoms with Gasteiger partial charge in [-0.3, -0.25) is 4.79 Å². The van der Waals surface area contributed by atoms with E-state index in [1.165, 1.54) is 6.92 Å². The fourth-order valence-corrected chi connectivity index (χ4v) is 1.29. The van der Waals surface area contributed by atoms with Crippen molar-refractivity contribution in [1.29, 1.82) is 0 Å². The number of carbonyl (C=O) groups excluding carboxylic acids is 3. The summed E-state index contributed by atoms with van der Waals surface area (Å²) in [5, 5.41) is 2.69. The molecule has 6 heteroatoms. The first kappa shape index (κ1) is 18.1. The van der Waals surface area contributed by atoms with Crippen molar-refractivity contribution in [2.45, 2.75) is 46.8 Å². The van der Waals surface area contributed by atoms with Crippen LogP contribution in [0.2, 0.25) is 0 Å². The van der Waals surface area contributed by atoms with E-state index < -0.39 is 11.9 Å². The van der Waals surface area contributed by atoms with Crippen LogP contribution in [0.25, 0.3) is 0 Å². The fraction of sp³-hybridized carbons (Fsp3) is 0.643. The van der Waals surface area contributed by atoms with Gasteiger partial charge in [0, 0.05) is 19.1 Å². The molecule has 0 aromatic rings. The summed E-state index contributed by atoms with van der Waals surface area (Å²) in [6.45, 7) is 8.70. The zero-order valence-electron chi connectivity index (χ0n) is 12.6. The van der Waals surface area contributed by atoms with E-state index in [9.17, 15) is 14.4 Å². The van der Waals surface area contributed by atoms with Gasteiger partial charge >= 0.3 is 11.9 Å². The van der Waals surface area contributed by atoms with Crippen molar-refractivity contribution >= 4 is 17.8 Å². The molecule has 0 aliphatic carbocycles. The number of ether oxygens (including phenoxy) is 2. The van der Waals surface area contributed by atoms with Gasteiger partial charge < -0.3 is 14.8 Å². The lowest BCUT2D eigenvalue weighted by Crippen LogP contribution is -2.41. The number of hydrogen-bond donors (Lipinski definition) is 1. The van der Waals surface area contributed by atoms with Crippen molar-refractivity contribution in [3.8, 4) is 0 Å². The van der Waals surface area contributed by atoms with Crippen LogP contribution in [0.3, 0.4) is 0 Å². The van der Waals surface area contributed by atoms with E-state index in [1.54, 1.807) is 13.8 Å². The minimum Gasteiger partial charge on any atom is -0.460 e. The Balaban J connectivity index is 4.22. The Labute approximate surface area is 119 Å². The van der Waals surface area contributed by atoms with Crippen molar-refractivity contribution in [1.82, 2.24) is 5.32 Å². The first-order valence-electron chi connectivity index (χ1n) is 6.55.